The van der Waals surface area contributed by atoms with Crippen molar-refractivity contribution in [1.82, 2.24) is 0 Å². The summed E-state index contributed by atoms with van der Waals surface area (Å²) in [5.41, 5.74) is 1.15. The second-order valence-electron chi connectivity index (χ2n) is 2.70. The predicted octanol–water partition coefficient (Wildman–Crippen LogP) is 0.579. The molecule has 0 spiro atoms. The van der Waals surface area contributed by atoms with Gasteiger partial charge in [-0.15, -0.1) is 0 Å². The minimum atomic E-state index is -1.02. The molecular formula is C8H9BO3. The van der Waals surface area contributed by atoms with Gasteiger partial charge in [0, 0.05) is 6.42 Å². The Labute approximate surface area is 71.1 Å². The molecule has 0 unspecified atom stereocenters. The molecule has 0 radical (unpaired) electrons. The fraction of sp³-hybridized carbons (Fsp3) is 0.250. The first-order valence-electron chi connectivity index (χ1n) is 3.87. The molecule has 0 amide bonds. The van der Waals surface area contributed by atoms with Crippen molar-refractivity contribution in [2.75, 3.05) is 0 Å². The van der Waals surface area contributed by atoms with E-state index in [2.05, 4.69) is 0 Å². The number of hydrogen-bond acceptors (Lipinski definition) is 3. The van der Waals surface area contributed by atoms with Crippen molar-refractivity contribution in [3.63, 3.8) is 0 Å². The van der Waals surface area contributed by atoms with Gasteiger partial charge in [0.1, 0.15) is 6.29 Å². The van der Waals surface area contributed by atoms with Crippen LogP contribution in [0.15, 0.2) is 30.3 Å². The molecule has 0 atom stereocenters. The summed E-state index contributed by atoms with van der Waals surface area (Å²) in [6, 6.07) is 9.88. The van der Waals surface area contributed by atoms with E-state index < -0.39 is 7.32 Å². The predicted molar refractivity (Wildman–Crippen MR) is 44.1 cm³/mol. The fourth-order valence-corrected chi connectivity index (χ4v) is 1.17. The third kappa shape index (κ3) is 1.66. The van der Waals surface area contributed by atoms with Crippen LogP contribution in [0.4, 0.5) is 0 Å². The lowest BCUT2D eigenvalue weighted by Crippen LogP contribution is -2.46. The average Bonchev–Trinajstić information content (AvgIpc) is 2.04. The third-order valence-corrected chi connectivity index (χ3v) is 1.78. The smallest absolute Gasteiger partial charge is 0.401 e. The Bertz CT molecular complexity index is 246. The van der Waals surface area contributed by atoms with Gasteiger partial charge in [0.25, 0.3) is 0 Å². The second kappa shape index (κ2) is 3.27. The van der Waals surface area contributed by atoms with Crippen molar-refractivity contribution in [3.05, 3.63) is 35.9 Å². The van der Waals surface area contributed by atoms with Crippen molar-refractivity contribution in [3.8, 4) is 0 Å². The third-order valence-electron chi connectivity index (χ3n) is 1.78. The van der Waals surface area contributed by atoms with Gasteiger partial charge >= 0.3 is 7.32 Å². The molecule has 1 aromatic rings. The van der Waals surface area contributed by atoms with Crippen molar-refractivity contribution < 1.29 is 14.3 Å². The first kappa shape index (κ1) is 7.80. The van der Waals surface area contributed by atoms with Gasteiger partial charge in [0.2, 0.25) is 0 Å². The van der Waals surface area contributed by atoms with Gasteiger partial charge < -0.3 is 14.3 Å². The molecule has 0 aromatic heterocycles. The molecule has 12 heavy (non-hydrogen) atoms. The highest BCUT2D eigenvalue weighted by Crippen LogP contribution is 2.15. The largest absolute Gasteiger partial charge is 0.640 e. The number of benzene rings is 1. The van der Waals surface area contributed by atoms with Gasteiger partial charge in [-0.2, -0.15) is 0 Å². The highest BCUT2D eigenvalue weighted by molar-refractivity contribution is 6.36. The summed E-state index contributed by atoms with van der Waals surface area (Å²) in [5.74, 6) is 0. The van der Waals surface area contributed by atoms with Crippen LogP contribution < -0.4 is 0 Å². The molecular weight excluding hydrogens is 155 g/mol. The van der Waals surface area contributed by atoms with E-state index in [1.807, 2.05) is 30.3 Å². The van der Waals surface area contributed by atoms with E-state index in [1.165, 1.54) is 0 Å². The quantitative estimate of drug-likeness (QED) is 0.649. The molecule has 1 N–H and O–H groups in total. The van der Waals surface area contributed by atoms with E-state index >= 15 is 0 Å². The van der Waals surface area contributed by atoms with Gasteiger partial charge in [-0.05, 0) is 5.56 Å². The maximum atomic E-state index is 8.65. The van der Waals surface area contributed by atoms with Gasteiger partial charge in [-0.3, -0.25) is 0 Å². The average molecular weight is 164 g/mol. The summed E-state index contributed by atoms with van der Waals surface area (Å²) >= 11 is 0. The van der Waals surface area contributed by atoms with Gasteiger partial charge in [0.05, 0.1) is 0 Å². The highest BCUT2D eigenvalue weighted by Gasteiger charge is 2.35. The maximum absolute atomic E-state index is 8.65. The van der Waals surface area contributed by atoms with Gasteiger partial charge in [-0.1, -0.05) is 30.3 Å². The zero-order valence-corrected chi connectivity index (χ0v) is 6.51. The lowest BCUT2D eigenvalue weighted by Gasteiger charge is -2.29. The Morgan fingerprint density at radius 1 is 1.25 bits per heavy atom. The van der Waals surface area contributed by atoms with Crippen LogP contribution >= 0.6 is 0 Å². The number of rotatable bonds is 2. The Morgan fingerprint density at radius 2 is 1.92 bits per heavy atom. The van der Waals surface area contributed by atoms with E-state index in [1.54, 1.807) is 0 Å². The van der Waals surface area contributed by atoms with Crippen LogP contribution in [-0.4, -0.2) is 18.6 Å². The van der Waals surface area contributed by atoms with Crippen LogP contribution in [-0.2, 0) is 15.7 Å². The Balaban J connectivity index is 1.88. The van der Waals surface area contributed by atoms with Crippen LogP contribution in [0, 0.1) is 0 Å². The standard InChI is InChI=1S/C8H9BO3/c10-9-11-8(12-9)6-7-4-2-1-3-5-7/h1-5,8,10H,6H2. The molecule has 1 aliphatic rings. The van der Waals surface area contributed by atoms with Crippen LogP contribution in [0.5, 0.6) is 0 Å². The van der Waals surface area contributed by atoms with Crippen LogP contribution in [0.3, 0.4) is 0 Å². The minimum absolute atomic E-state index is 0.276. The van der Waals surface area contributed by atoms with E-state index in [4.69, 9.17) is 14.3 Å². The minimum Gasteiger partial charge on any atom is -0.401 e. The second-order valence-corrected chi connectivity index (χ2v) is 2.70. The van der Waals surface area contributed by atoms with Crippen molar-refractivity contribution in [1.29, 1.82) is 0 Å². The van der Waals surface area contributed by atoms with E-state index in [-0.39, 0.29) is 6.29 Å². The maximum Gasteiger partial charge on any atom is 0.640 e. The van der Waals surface area contributed by atoms with E-state index in [0.717, 1.165) is 5.56 Å². The Hall–Kier alpha value is -0.835. The summed E-state index contributed by atoms with van der Waals surface area (Å²) in [5, 5.41) is 8.65. The highest BCUT2D eigenvalue weighted by atomic mass is 16.8. The summed E-state index contributed by atoms with van der Waals surface area (Å²) < 4.78 is 9.75. The molecule has 0 saturated carbocycles. The topological polar surface area (TPSA) is 38.7 Å². The van der Waals surface area contributed by atoms with Crippen LogP contribution in [0.1, 0.15) is 5.56 Å². The first-order valence-corrected chi connectivity index (χ1v) is 3.87. The SMILES string of the molecule is OB1OC(Cc2ccccc2)O1. The van der Waals surface area contributed by atoms with Crippen molar-refractivity contribution in [2.45, 2.75) is 12.7 Å². The molecule has 2 rings (SSSR count). The van der Waals surface area contributed by atoms with E-state index in [9.17, 15) is 0 Å². The fourth-order valence-electron chi connectivity index (χ4n) is 1.17. The summed E-state index contributed by atoms with van der Waals surface area (Å²) in [7, 11) is -1.02. The molecule has 3 nitrogen and oxygen atoms in total. The summed E-state index contributed by atoms with van der Waals surface area (Å²) in [6.07, 6.45) is 0.417. The zero-order chi connectivity index (χ0) is 8.39. The molecule has 62 valence electrons. The Kier molecular flexibility index (Phi) is 2.12. The molecule has 0 bridgehead atoms. The van der Waals surface area contributed by atoms with Crippen LogP contribution in [0.2, 0.25) is 0 Å². The normalized spacial score (nSPS) is 17.6. The molecule has 0 aliphatic carbocycles. The monoisotopic (exact) mass is 164 g/mol. The van der Waals surface area contributed by atoms with Crippen molar-refractivity contribution in [2.24, 2.45) is 0 Å². The van der Waals surface area contributed by atoms with Crippen molar-refractivity contribution >= 4 is 7.32 Å². The number of hydrogen-bond donors (Lipinski definition) is 1. The summed E-state index contributed by atoms with van der Waals surface area (Å²) in [6.45, 7) is 0. The Morgan fingerprint density at radius 3 is 2.50 bits per heavy atom. The first-order chi connectivity index (χ1) is 5.84. The summed E-state index contributed by atoms with van der Waals surface area (Å²) in [4.78, 5) is 0. The zero-order valence-electron chi connectivity index (χ0n) is 6.51. The van der Waals surface area contributed by atoms with E-state index in [0.29, 0.717) is 6.42 Å². The molecule has 1 aliphatic heterocycles. The lowest BCUT2D eigenvalue weighted by molar-refractivity contribution is -0.143. The van der Waals surface area contributed by atoms with Gasteiger partial charge in [0.15, 0.2) is 0 Å². The molecule has 1 aromatic carbocycles. The lowest BCUT2D eigenvalue weighted by atomic mass is 10.1. The molecule has 1 heterocycles. The molecule has 1 fully saturated rings. The molecule has 1 saturated heterocycles. The molecule has 4 heteroatoms. The van der Waals surface area contributed by atoms with Gasteiger partial charge in [-0.25, -0.2) is 0 Å². The van der Waals surface area contributed by atoms with Crippen LogP contribution in [0.25, 0.3) is 0 Å².